The van der Waals surface area contributed by atoms with Crippen LogP contribution >= 0.6 is 0 Å². The molecule has 1 heterocycles. The Morgan fingerprint density at radius 1 is 1.07 bits per heavy atom. The van der Waals surface area contributed by atoms with Gasteiger partial charge in [0.2, 0.25) is 0 Å². The Kier molecular flexibility index (Phi) is 1.54. The number of fused-ring (bicyclic) bond motifs is 3. The van der Waals surface area contributed by atoms with Gasteiger partial charge in [-0.1, -0.05) is 30.3 Å². The van der Waals surface area contributed by atoms with Crippen molar-refractivity contribution in [2.75, 3.05) is 18.5 Å². The van der Waals surface area contributed by atoms with Gasteiger partial charge in [0.05, 0.1) is 0 Å². The Labute approximate surface area is 84.0 Å². The van der Waals surface area contributed by atoms with Crippen LogP contribution in [0.5, 0.6) is 0 Å². The molecule has 0 fully saturated rings. The Morgan fingerprint density at radius 2 is 1.93 bits per heavy atom. The molecular weight excluding hydrogens is 170 g/mol. The molecule has 1 nitrogen and oxygen atoms in total. The number of hydrogen-bond donors (Lipinski definition) is 0. The molecule has 0 atom stereocenters. The molecule has 0 bridgehead atoms. The lowest BCUT2D eigenvalue weighted by atomic mass is 10.0. The first-order valence-electron chi connectivity index (χ1n) is 5.08. The van der Waals surface area contributed by atoms with Crippen LogP contribution in [0.1, 0.15) is 5.56 Å². The third-order valence-corrected chi connectivity index (χ3v) is 3.12. The van der Waals surface area contributed by atoms with E-state index in [2.05, 4.69) is 48.3 Å². The van der Waals surface area contributed by atoms with Crippen LogP contribution in [0, 0.1) is 0 Å². The molecule has 70 valence electrons. The monoisotopic (exact) mass is 183 g/mol. The summed E-state index contributed by atoms with van der Waals surface area (Å²) in [7, 11) is 2.17. The smallest absolute Gasteiger partial charge is 0.0403 e. The van der Waals surface area contributed by atoms with Crippen LogP contribution in [0.25, 0.3) is 10.8 Å². The van der Waals surface area contributed by atoms with Gasteiger partial charge in [-0.05, 0) is 28.8 Å². The lowest BCUT2D eigenvalue weighted by Gasteiger charge is -2.12. The highest BCUT2D eigenvalue weighted by Gasteiger charge is 2.17. The molecule has 1 aliphatic heterocycles. The van der Waals surface area contributed by atoms with E-state index in [1.807, 2.05) is 0 Å². The van der Waals surface area contributed by atoms with Crippen LogP contribution in [-0.4, -0.2) is 13.6 Å². The van der Waals surface area contributed by atoms with Crippen molar-refractivity contribution in [3.63, 3.8) is 0 Å². The van der Waals surface area contributed by atoms with Gasteiger partial charge in [0.1, 0.15) is 0 Å². The molecule has 3 rings (SSSR count). The van der Waals surface area contributed by atoms with Gasteiger partial charge in [-0.15, -0.1) is 0 Å². The molecule has 0 unspecified atom stereocenters. The van der Waals surface area contributed by atoms with Gasteiger partial charge in [-0.25, -0.2) is 0 Å². The Morgan fingerprint density at radius 3 is 2.86 bits per heavy atom. The molecule has 2 aromatic rings. The van der Waals surface area contributed by atoms with Gasteiger partial charge in [0, 0.05) is 19.3 Å². The Bertz CT molecular complexity index is 488. The van der Waals surface area contributed by atoms with E-state index in [-0.39, 0.29) is 0 Å². The molecule has 0 amide bonds. The summed E-state index contributed by atoms with van der Waals surface area (Å²) in [4.78, 5) is 2.34. The fourth-order valence-electron chi connectivity index (χ4n) is 2.34. The maximum atomic E-state index is 2.34. The normalized spacial score (nSPS) is 14.8. The van der Waals surface area contributed by atoms with Crippen LogP contribution in [0.3, 0.4) is 0 Å². The quantitative estimate of drug-likeness (QED) is 0.607. The largest absolute Gasteiger partial charge is 0.374 e. The van der Waals surface area contributed by atoms with Gasteiger partial charge in [-0.3, -0.25) is 0 Å². The molecule has 0 saturated heterocycles. The summed E-state index contributed by atoms with van der Waals surface area (Å²) in [6, 6.07) is 13.1. The highest BCUT2D eigenvalue weighted by atomic mass is 15.1. The molecule has 0 radical (unpaired) electrons. The zero-order valence-corrected chi connectivity index (χ0v) is 8.33. The predicted octanol–water partition coefficient (Wildman–Crippen LogP) is 2.83. The molecule has 14 heavy (non-hydrogen) atoms. The molecule has 2 aromatic carbocycles. The predicted molar refractivity (Wildman–Crippen MR) is 60.9 cm³/mol. The first kappa shape index (κ1) is 7.86. The summed E-state index contributed by atoms with van der Waals surface area (Å²) < 4.78 is 0. The van der Waals surface area contributed by atoms with Gasteiger partial charge < -0.3 is 4.90 Å². The number of hydrogen-bond acceptors (Lipinski definition) is 1. The second-order valence-corrected chi connectivity index (χ2v) is 3.96. The van der Waals surface area contributed by atoms with Crippen molar-refractivity contribution in [1.29, 1.82) is 0 Å². The number of likely N-dealkylation sites (N-methyl/N-ethyl adjacent to an activating group) is 1. The van der Waals surface area contributed by atoms with Crippen molar-refractivity contribution in [3.05, 3.63) is 42.0 Å². The minimum absolute atomic E-state index is 1.16. The molecule has 0 N–H and O–H groups in total. The standard InChI is InChI=1S/C13H13N/c1-14-9-8-12-11-5-3-2-4-10(11)6-7-13(12)14/h2-7H,8-9H2,1H3. The Balaban J connectivity index is 2.38. The topological polar surface area (TPSA) is 3.24 Å². The van der Waals surface area contributed by atoms with E-state index in [9.17, 15) is 0 Å². The first-order chi connectivity index (χ1) is 6.86. The second-order valence-electron chi connectivity index (χ2n) is 3.96. The first-order valence-corrected chi connectivity index (χ1v) is 5.08. The van der Waals surface area contributed by atoms with Crippen molar-refractivity contribution in [1.82, 2.24) is 0 Å². The fraction of sp³-hybridized carbons (Fsp3) is 0.231. The van der Waals surface area contributed by atoms with E-state index >= 15 is 0 Å². The van der Waals surface area contributed by atoms with Crippen LogP contribution in [0.2, 0.25) is 0 Å². The average molecular weight is 183 g/mol. The minimum atomic E-state index is 1.16. The van der Waals surface area contributed by atoms with E-state index in [1.54, 1.807) is 0 Å². The van der Waals surface area contributed by atoms with Crippen molar-refractivity contribution < 1.29 is 0 Å². The third kappa shape index (κ3) is 0.955. The van der Waals surface area contributed by atoms with Gasteiger partial charge >= 0.3 is 0 Å². The molecule has 0 aromatic heterocycles. The highest BCUT2D eigenvalue weighted by molar-refractivity contribution is 5.91. The van der Waals surface area contributed by atoms with E-state index in [1.165, 1.54) is 28.4 Å². The van der Waals surface area contributed by atoms with Gasteiger partial charge in [0.15, 0.2) is 0 Å². The van der Waals surface area contributed by atoms with Crippen LogP contribution in [0.4, 0.5) is 5.69 Å². The molecule has 0 saturated carbocycles. The fourth-order valence-corrected chi connectivity index (χ4v) is 2.34. The van der Waals surface area contributed by atoms with E-state index in [0.29, 0.717) is 0 Å². The van der Waals surface area contributed by atoms with Crippen molar-refractivity contribution in [2.24, 2.45) is 0 Å². The molecule has 1 aliphatic rings. The lowest BCUT2D eigenvalue weighted by molar-refractivity contribution is 0.958. The van der Waals surface area contributed by atoms with E-state index < -0.39 is 0 Å². The van der Waals surface area contributed by atoms with Gasteiger partial charge in [-0.2, -0.15) is 0 Å². The van der Waals surface area contributed by atoms with Crippen molar-refractivity contribution in [3.8, 4) is 0 Å². The summed E-state index contributed by atoms with van der Waals surface area (Å²) in [6.45, 7) is 1.16. The molecule has 0 spiro atoms. The van der Waals surface area contributed by atoms with Crippen LogP contribution in [-0.2, 0) is 6.42 Å². The average Bonchev–Trinajstić information content (AvgIpc) is 2.61. The number of rotatable bonds is 0. The zero-order chi connectivity index (χ0) is 9.54. The van der Waals surface area contributed by atoms with Crippen LogP contribution in [0.15, 0.2) is 36.4 Å². The summed E-state index contributed by atoms with van der Waals surface area (Å²) in [5.41, 5.74) is 2.93. The lowest BCUT2D eigenvalue weighted by Crippen LogP contribution is -2.12. The number of nitrogens with zero attached hydrogens (tertiary/aromatic N) is 1. The summed E-state index contributed by atoms with van der Waals surface area (Å²) >= 11 is 0. The summed E-state index contributed by atoms with van der Waals surface area (Å²) in [6.07, 6.45) is 1.19. The SMILES string of the molecule is CN1CCc2c1ccc1ccccc21. The number of benzene rings is 2. The minimum Gasteiger partial charge on any atom is -0.374 e. The Hall–Kier alpha value is -1.50. The van der Waals surface area contributed by atoms with E-state index in [4.69, 9.17) is 0 Å². The molecule has 0 aliphatic carbocycles. The maximum Gasteiger partial charge on any atom is 0.0403 e. The highest BCUT2D eigenvalue weighted by Crippen LogP contribution is 2.32. The van der Waals surface area contributed by atoms with Crippen LogP contribution < -0.4 is 4.90 Å². The maximum absolute atomic E-state index is 2.34. The van der Waals surface area contributed by atoms with Gasteiger partial charge in [0.25, 0.3) is 0 Å². The third-order valence-electron chi connectivity index (χ3n) is 3.12. The summed E-state index contributed by atoms with van der Waals surface area (Å²) in [5, 5.41) is 2.79. The zero-order valence-electron chi connectivity index (χ0n) is 8.33. The molecular formula is C13H13N. The summed E-state index contributed by atoms with van der Waals surface area (Å²) in [5.74, 6) is 0. The van der Waals surface area contributed by atoms with Crippen molar-refractivity contribution in [2.45, 2.75) is 6.42 Å². The molecule has 1 heteroatoms. The van der Waals surface area contributed by atoms with E-state index in [0.717, 1.165) is 6.54 Å². The second kappa shape index (κ2) is 2.74. The van der Waals surface area contributed by atoms with Crippen molar-refractivity contribution >= 4 is 16.5 Å². The number of anilines is 1.